The SMILES string of the molecule is COC(=O)c1ccc(F)c(C(F)(F)F)c1C. The summed E-state index contributed by atoms with van der Waals surface area (Å²) in [4.78, 5) is 11.1. The minimum Gasteiger partial charge on any atom is -0.465 e. The maximum Gasteiger partial charge on any atom is 0.419 e. The normalized spacial score (nSPS) is 11.4. The zero-order chi connectivity index (χ0) is 12.5. The summed E-state index contributed by atoms with van der Waals surface area (Å²) in [5.74, 6) is -2.33. The van der Waals surface area contributed by atoms with Gasteiger partial charge in [0.05, 0.1) is 18.2 Å². The highest BCUT2D eigenvalue weighted by molar-refractivity contribution is 5.91. The Morgan fingerprint density at radius 3 is 2.31 bits per heavy atom. The van der Waals surface area contributed by atoms with Crippen LogP contribution in [-0.4, -0.2) is 13.1 Å². The van der Waals surface area contributed by atoms with Gasteiger partial charge in [-0.15, -0.1) is 0 Å². The van der Waals surface area contributed by atoms with Crippen LogP contribution >= 0.6 is 0 Å². The molecule has 0 N–H and O–H groups in total. The Bertz CT molecular complexity index is 424. The second kappa shape index (κ2) is 4.11. The monoisotopic (exact) mass is 236 g/mol. The molecular formula is C10H8F4O2. The van der Waals surface area contributed by atoms with Gasteiger partial charge in [-0.25, -0.2) is 9.18 Å². The van der Waals surface area contributed by atoms with E-state index < -0.39 is 29.1 Å². The van der Waals surface area contributed by atoms with Crippen molar-refractivity contribution in [3.8, 4) is 0 Å². The molecule has 0 spiro atoms. The first kappa shape index (κ1) is 12.5. The summed E-state index contributed by atoms with van der Waals surface area (Å²) in [5.41, 5.74) is -2.20. The molecule has 1 aromatic carbocycles. The molecule has 1 rings (SSSR count). The predicted octanol–water partition coefficient (Wildman–Crippen LogP) is 2.94. The van der Waals surface area contributed by atoms with Gasteiger partial charge < -0.3 is 4.74 Å². The molecule has 0 unspecified atom stereocenters. The smallest absolute Gasteiger partial charge is 0.419 e. The lowest BCUT2D eigenvalue weighted by atomic mass is 10.0. The number of rotatable bonds is 1. The Morgan fingerprint density at radius 2 is 1.88 bits per heavy atom. The average molecular weight is 236 g/mol. The lowest BCUT2D eigenvalue weighted by Crippen LogP contribution is -2.14. The van der Waals surface area contributed by atoms with Crippen LogP contribution in [0.3, 0.4) is 0 Å². The molecule has 16 heavy (non-hydrogen) atoms. The summed E-state index contributed by atoms with van der Waals surface area (Å²) in [5, 5.41) is 0. The van der Waals surface area contributed by atoms with Crippen molar-refractivity contribution in [2.45, 2.75) is 13.1 Å². The van der Waals surface area contributed by atoms with E-state index in [-0.39, 0.29) is 5.56 Å². The zero-order valence-corrected chi connectivity index (χ0v) is 8.48. The molecule has 88 valence electrons. The van der Waals surface area contributed by atoms with E-state index in [2.05, 4.69) is 4.74 Å². The first-order chi connectivity index (χ1) is 7.29. The maximum absolute atomic E-state index is 13.0. The molecule has 6 heteroatoms. The molecule has 0 aliphatic carbocycles. The number of alkyl halides is 3. The van der Waals surface area contributed by atoms with E-state index in [9.17, 15) is 22.4 Å². The van der Waals surface area contributed by atoms with Gasteiger partial charge in [0, 0.05) is 0 Å². The van der Waals surface area contributed by atoms with Crippen molar-refractivity contribution in [3.05, 3.63) is 34.6 Å². The van der Waals surface area contributed by atoms with Gasteiger partial charge in [-0.3, -0.25) is 0 Å². The maximum atomic E-state index is 13.0. The van der Waals surface area contributed by atoms with Crippen LogP contribution in [-0.2, 0) is 10.9 Å². The standard InChI is InChI=1S/C10H8F4O2/c1-5-6(9(15)16-2)3-4-7(11)8(5)10(12,13)14/h3-4H,1-2H3. The number of hydrogen-bond donors (Lipinski definition) is 0. The van der Waals surface area contributed by atoms with Crippen LogP contribution < -0.4 is 0 Å². The second-order valence-electron chi connectivity index (χ2n) is 3.08. The van der Waals surface area contributed by atoms with Crippen molar-refractivity contribution >= 4 is 5.97 Å². The van der Waals surface area contributed by atoms with Crippen LogP contribution in [0.1, 0.15) is 21.5 Å². The third kappa shape index (κ3) is 2.15. The van der Waals surface area contributed by atoms with Crippen LogP contribution in [0.25, 0.3) is 0 Å². The Hall–Kier alpha value is -1.59. The van der Waals surface area contributed by atoms with Crippen molar-refractivity contribution < 1.29 is 27.1 Å². The topological polar surface area (TPSA) is 26.3 Å². The number of carbonyl (C=O) groups is 1. The third-order valence-electron chi connectivity index (χ3n) is 2.10. The second-order valence-corrected chi connectivity index (χ2v) is 3.08. The summed E-state index contributed by atoms with van der Waals surface area (Å²) < 4.78 is 54.7. The molecule has 0 bridgehead atoms. The molecule has 0 saturated heterocycles. The molecule has 0 aromatic heterocycles. The van der Waals surface area contributed by atoms with Crippen LogP contribution in [0.15, 0.2) is 12.1 Å². The number of halogens is 4. The quantitative estimate of drug-likeness (QED) is 0.553. The molecule has 0 aliphatic heterocycles. The lowest BCUT2D eigenvalue weighted by Gasteiger charge is -2.13. The van der Waals surface area contributed by atoms with E-state index in [1.165, 1.54) is 0 Å². The van der Waals surface area contributed by atoms with Crippen molar-refractivity contribution in [3.63, 3.8) is 0 Å². The first-order valence-electron chi connectivity index (χ1n) is 4.23. The number of methoxy groups -OCH3 is 1. The van der Waals surface area contributed by atoms with Crippen molar-refractivity contribution in [1.29, 1.82) is 0 Å². The fourth-order valence-corrected chi connectivity index (χ4v) is 1.36. The van der Waals surface area contributed by atoms with Crippen molar-refractivity contribution in [2.24, 2.45) is 0 Å². The highest BCUT2D eigenvalue weighted by Gasteiger charge is 2.37. The zero-order valence-electron chi connectivity index (χ0n) is 8.48. The Kier molecular flexibility index (Phi) is 3.21. The first-order valence-corrected chi connectivity index (χ1v) is 4.23. The number of hydrogen-bond acceptors (Lipinski definition) is 2. The van der Waals surface area contributed by atoms with Gasteiger partial charge in [-0.05, 0) is 24.6 Å². The number of esters is 1. The van der Waals surface area contributed by atoms with Gasteiger partial charge in [0.25, 0.3) is 0 Å². The van der Waals surface area contributed by atoms with Gasteiger partial charge in [-0.2, -0.15) is 13.2 Å². The number of carbonyl (C=O) groups excluding carboxylic acids is 1. The highest BCUT2D eigenvalue weighted by atomic mass is 19.4. The molecule has 0 atom stereocenters. The summed E-state index contributed by atoms with van der Waals surface area (Å²) in [7, 11) is 1.04. The van der Waals surface area contributed by atoms with Crippen LogP contribution in [0.4, 0.5) is 17.6 Å². The Balaban J connectivity index is 3.45. The average Bonchev–Trinajstić information content (AvgIpc) is 2.14. The molecule has 0 fully saturated rings. The minimum absolute atomic E-state index is 0.295. The predicted molar refractivity (Wildman–Crippen MR) is 47.5 cm³/mol. The third-order valence-corrected chi connectivity index (χ3v) is 2.10. The summed E-state index contributed by atoms with van der Waals surface area (Å²) >= 11 is 0. The fourth-order valence-electron chi connectivity index (χ4n) is 1.36. The number of benzene rings is 1. The Labute approximate surface area is 88.8 Å². The molecule has 0 heterocycles. The molecule has 1 aromatic rings. The summed E-state index contributed by atoms with van der Waals surface area (Å²) in [6, 6.07) is 1.56. The van der Waals surface area contributed by atoms with Gasteiger partial charge >= 0.3 is 12.1 Å². The van der Waals surface area contributed by atoms with Gasteiger partial charge in [-0.1, -0.05) is 0 Å². The Morgan fingerprint density at radius 1 is 1.31 bits per heavy atom. The minimum atomic E-state index is -4.84. The van der Waals surface area contributed by atoms with E-state index in [1.807, 2.05) is 0 Å². The van der Waals surface area contributed by atoms with Crippen molar-refractivity contribution in [1.82, 2.24) is 0 Å². The van der Waals surface area contributed by atoms with E-state index in [0.717, 1.165) is 20.1 Å². The van der Waals surface area contributed by atoms with Crippen molar-refractivity contribution in [2.75, 3.05) is 7.11 Å². The summed E-state index contributed by atoms with van der Waals surface area (Å²) in [6.45, 7) is 1.03. The lowest BCUT2D eigenvalue weighted by molar-refractivity contribution is -0.140. The fraction of sp³-hybridized carbons (Fsp3) is 0.300. The van der Waals surface area contributed by atoms with Gasteiger partial charge in [0.15, 0.2) is 0 Å². The molecule has 0 amide bonds. The van der Waals surface area contributed by atoms with Crippen LogP contribution in [0.5, 0.6) is 0 Å². The summed E-state index contributed by atoms with van der Waals surface area (Å²) in [6.07, 6.45) is -4.84. The van der Waals surface area contributed by atoms with E-state index in [1.54, 1.807) is 0 Å². The van der Waals surface area contributed by atoms with E-state index >= 15 is 0 Å². The van der Waals surface area contributed by atoms with Gasteiger partial charge in [0.1, 0.15) is 5.82 Å². The molecule has 0 saturated carbocycles. The van der Waals surface area contributed by atoms with Gasteiger partial charge in [0.2, 0.25) is 0 Å². The molecule has 0 aliphatic rings. The molecular weight excluding hydrogens is 228 g/mol. The van der Waals surface area contributed by atoms with Crippen LogP contribution in [0.2, 0.25) is 0 Å². The van der Waals surface area contributed by atoms with E-state index in [0.29, 0.717) is 6.07 Å². The molecule has 0 radical (unpaired) electrons. The molecule has 2 nitrogen and oxygen atoms in total. The van der Waals surface area contributed by atoms with Crippen LogP contribution in [0, 0.1) is 12.7 Å². The largest absolute Gasteiger partial charge is 0.465 e. The van der Waals surface area contributed by atoms with E-state index in [4.69, 9.17) is 0 Å². The highest BCUT2D eigenvalue weighted by Crippen LogP contribution is 2.35. The number of ether oxygens (including phenoxy) is 1.